The first-order chi connectivity index (χ1) is 9.81. The van der Waals surface area contributed by atoms with Gasteiger partial charge < -0.3 is 5.32 Å². The zero-order valence-electron chi connectivity index (χ0n) is 10.7. The number of imidazole rings is 1. The fourth-order valence-corrected chi connectivity index (χ4v) is 1.92. The molecule has 0 aromatic carbocycles. The van der Waals surface area contributed by atoms with E-state index in [0.717, 1.165) is 12.1 Å². The molecule has 0 aliphatic heterocycles. The van der Waals surface area contributed by atoms with Crippen LogP contribution in [0.5, 0.6) is 0 Å². The quantitative estimate of drug-likeness (QED) is 0.897. The molecule has 6 heteroatoms. The first kappa shape index (κ1) is 12.3. The van der Waals surface area contributed by atoms with Crippen molar-refractivity contribution in [2.75, 3.05) is 0 Å². The number of hydrogen-bond donors (Lipinski definition) is 1. The minimum Gasteiger partial charge on any atom is -0.310 e. The molecule has 0 spiro atoms. The highest BCUT2D eigenvalue weighted by molar-refractivity contribution is 5.41. The summed E-state index contributed by atoms with van der Waals surface area (Å²) in [5, 5.41) is 21.4. The molecular formula is C14H12N6. The van der Waals surface area contributed by atoms with Gasteiger partial charge in [0.2, 0.25) is 0 Å². The van der Waals surface area contributed by atoms with Crippen molar-refractivity contribution in [1.82, 2.24) is 19.9 Å². The van der Waals surface area contributed by atoms with E-state index >= 15 is 0 Å². The molecule has 0 atom stereocenters. The molecule has 0 radical (unpaired) electrons. The molecule has 1 N–H and O–H groups in total. The zero-order chi connectivity index (χ0) is 13.9. The Labute approximate surface area is 116 Å². The predicted octanol–water partition coefficient (Wildman–Crippen LogP) is 1.26. The maximum atomic E-state index is 9.09. The van der Waals surface area contributed by atoms with Gasteiger partial charge in [-0.3, -0.25) is 4.57 Å². The fourth-order valence-electron chi connectivity index (χ4n) is 1.92. The normalized spacial score (nSPS) is 13.7. The number of aromatic nitrogens is 3. The summed E-state index contributed by atoms with van der Waals surface area (Å²) in [5.74, 6) is 0.589. The first-order valence-corrected chi connectivity index (χ1v) is 6.38. The Kier molecular flexibility index (Phi) is 3.16. The standard InChI is InChI=1S/C14H12N6/c15-5-12-13(6-16)20(9-19-12)14-4-1-10(8-18-14)7-17-11-2-3-11/h1,4,8-9,11,17H,2-3,7H2. The van der Waals surface area contributed by atoms with Crippen LogP contribution >= 0.6 is 0 Å². The van der Waals surface area contributed by atoms with E-state index in [1.54, 1.807) is 6.20 Å². The Hall–Kier alpha value is -2.70. The number of nitrogens with zero attached hydrogens (tertiary/aromatic N) is 5. The van der Waals surface area contributed by atoms with E-state index in [0.29, 0.717) is 11.9 Å². The summed E-state index contributed by atoms with van der Waals surface area (Å²) in [7, 11) is 0. The number of nitriles is 2. The molecule has 1 saturated carbocycles. The molecule has 1 aliphatic rings. The highest BCUT2D eigenvalue weighted by Crippen LogP contribution is 2.19. The molecule has 0 unspecified atom stereocenters. The average molecular weight is 264 g/mol. The number of pyridine rings is 1. The van der Waals surface area contributed by atoms with Crippen LogP contribution in [0.25, 0.3) is 5.82 Å². The SMILES string of the molecule is N#Cc1ncn(-c2ccc(CNC3CC3)cn2)c1C#N. The van der Waals surface area contributed by atoms with Gasteiger partial charge in [0.05, 0.1) is 0 Å². The van der Waals surface area contributed by atoms with Crippen molar-refractivity contribution in [3.8, 4) is 18.0 Å². The van der Waals surface area contributed by atoms with E-state index in [-0.39, 0.29) is 11.4 Å². The molecule has 3 rings (SSSR count). The monoisotopic (exact) mass is 264 g/mol. The molecular weight excluding hydrogens is 252 g/mol. The fraction of sp³-hybridized carbons (Fsp3) is 0.286. The van der Waals surface area contributed by atoms with Crippen molar-refractivity contribution in [1.29, 1.82) is 10.5 Å². The molecule has 1 fully saturated rings. The second-order valence-corrected chi connectivity index (χ2v) is 4.72. The minimum atomic E-state index is 0.119. The summed E-state index contributed by atoms with van der Waals surface area (Å²) in [6.45, 7) is 0.802. The zero-order valence-corrected chi connectivity index (χ0v) is 10.7. The molecule has 6 nitrogen and oxygen atoms in total. The van der Waals surface area contributed by atoms with Gasteiger partial charge in [0.1, 0.15) is 24.3 Å². The van der Waals surface area contributed by atoms with Gasteiger partial charge in [-0.2, -0.15) is 10.5 Å². The Morgan fingerprint density at radius 3 is 2.70 bits per heavy atom. The second-order valence-electron chi connectivity index (χ2n) is 4.72. The molecule has 2 heterocycles. The van der Waals surface area contributed by atoms with Crippen molar-refractivity contribution in [3.05, 3.63) is 41.6 Å². The van der Waals surface area contributed by atoms with Gasteiger partial charge in [0.25, 0.3) is 0 Å². The van der Waals surface area contributed by atoms with Gasteiger partial charge >= 0.3 is 0 Å². The largest absolute Gasteiger partial charge is 0.310 e. The molecule has 2 aromatic heterocycles. The van der Waals surface area contributed by atoms with Crippen molar-refractivity contribution < 1.29 is 0 Å². The van der Waals surface area contributed by atoms with Gasteiger partial charge in [-0.25, -0.2) is 9.97 Å². The van der Waals surface area contributed by atoms with E-state index in [4.69, 9.17) is 10.5 Å². The van der Waals surface area contributed by atoms with Gasteiger partial charge in [-0.1, -0.05) is 6.07 Å². The number of rotatable bonds is 4. The van der Waals surface area contributed by atoms with Crippen LogP contribution in [0.15, 0.2) is 24.7 Å². The lowest BCUT2D eigenvalue weighted by molar-refractivity contribution is 0.685. The maximum absolute atomic E-state index is 9.09. The lowest BCUT2D eigenvalue weighted by Gasteiger charge is -2.05. The summed E-state index contributed by atoms with van der Waals surface area (Å²) in [6.07, 6.45) is 5.73. The molecule has 1 aliphatic carbocycles. The summed E-state index contributed by atoms with van der Waals surface area (Å²) in [4.78, 5) is 8.23. The Morgan fingerprint density at radius 1 is 1.25 bits per heavy atom. The van der Waals surface area contributed by atoms with Crippen LogP contribution in [-0.2, 0) is 6.54 Å². The Bertz CT molecular complexity index is 697. The third kappa shape index (κ3) is 2.37. The molecule has 0 saturated heterocycles. The first-order valence-electron chi connectivity index (χ1n) is 6.38. The van der Waals surface area contributed by atoms with Gasteiger partial charge in [0, 0.05) is 18.8 Å². The third-order valence-corrected chi connectivity index (χ3v) is 3.21. The Morgan fingerprint density at radius 2 is 2.10 bits per heavy atom. The van der Waals surface area contributed by atoms with Crippen LogP contribution in [0.2, 0.25) is 0 Å². The van der Waals surface area contributed by atoms with E-state index in [1.165, 1.54) is 23.7 Å². The van der Waals surface area contributed by atoms with Crippen LogP contribution in [0.3, 0.4) is 0 Å². The Balaban J connectivity index is 1.82. The number of hydrogen-bond acceptors (Lipinski definition) is 5. The minimum absolute atomic E-state index is 0.119. The lowest BCUT2D eigenvalue weighted by atomic mass is 10.2. The lowest BCUT2D eigenvalue weighted by Crippen LogP contribution is -2.15. The van der Waals surface area contributed by atoms with Crippen LogP contribution in [0, 0.1) is 22.7 Å². The van der Waals surface area contributed by atoms with Crippen molar-refractivity contribution in [3.63, 3.8) is 0 Å². The highest BCUT2D eigenvalue weighted by Gasteiger charge is 2.20. The van der Waals surface area contributed by atoms with Crippen LogP contribution < -0.4 is 5.32 Å². The summed E-state index contributed by atoms with van der Waals surface area (Å²) >= 11 is 0. The van der Waals surface area contributed by atoms with Crippen LogP contribution in [0.4, 0.5) is 0 Å². The highest BCUT2D eigenvalue weighted by atomic mass is 15.1. The van der Waals surface area contributed by atoms with E-state index in [2.05, 4.69) is 15.3 Å². The molecule has 20 heavy (non-hydrogen) atoms. The van der Waals surface area contributed by atoms with Gasteiger partial charge in [-0.15, -0.1) is 0 Å². The summed E-state index contributed by atoms with van der Waals surface area (Å²) < 4.78 is 1.52. The van der Waals surface area contributed by atoms with E-state index in [9.17, 15) is 0 Å². The maximum Gasteiger partial charge on any atom is 0.177 e. The van der Waals surface area contributed by atoms with Gasteiger partial charge in [0.15, 0.2) is 11.4 Å². The molecule has 98 valence electrons. The molecule has 0 bridgehead atoms. The van der Waals surface area contributed by atoms with Gasteiger partial charge in [-0.05, 0) is 24.5 Å². The molecule has 0 amide bonds. The summed E-state index contributed by atoms with van der Waals surface area (Å²) in [5.41, 5.74) is 1.43. The van der Waals surface area contributed by atoms with Crippen molar-refractivity contribution in [2.45, 2.75) is 25.4 Å². The van der Waals surface area contributed by atoms with E-state index < -0.39 is 0 Å². The summed E-state index contributed by atoms with van der Waals surface area (Å²) in [6, 6.07) is 8.33. The topological polar surface area (TPSA) is 90.3 Å². The third-order valence-electron chi connectivity index (χ3n) is 3.21. The molecule has 2 aromatic rings. The van der Waals surface area contributed by atoms with Crippen LogP contribution in [-0.4, -0.2) is 20.6 Å². The van der Waals surface area contributed by atoms with Crippen molar-refractivity contribution >= 4 is 0 Å². The van der Waals surface area contributed by atoms with Crippen LogP contribution in [0.1, 0.15) is 29.8 Å². The van der Waals surface area contributed by atoms with E-state index in [1.807, 2.05) is 24.3 Å². The number of nitrogens with one attached hydrogen (secondary N) is 1. The predicted molar refractivity (Wildman–Crippen MR) is 70.7 cm³/mol. The van der Waals surface area contributed by atoms with Crippen molar-refractivity contribution in [2.24, 2.45) is 0 Å². The smallest absolute Gasteiger partial charge is 0.177 e. The average Bonchev–Trinajstić information content (AvgIpc) is 3.23. The second kappa shape index (κ2) is 5.12.